The SMILES string of the molecule is CC(F)(F)C(F)(F)C(O)(F)F.CC(F)(F)C(F)(F)C(O)(F)F.[Mo]. The van der Waals surface area contributed by atoms with Crippen LogP contribution in [0.2, 0.25) is 0 Å². The Morgan fingerprint density at radius 3 is 0.609 bits per heavy atom. The van der Waals surface area contributed by atoms with Crippen molar-refractivity contribution in [3.63, 3.8) is 0 Å². The standard InChI is InChI=1S/2C4H4F6O.Mo/c2*1-2(5,6)3(7,8)4(9,10)11;/h2*11H,1H3;. The molecule has 0 fully saturated rings. The molecule has 0 aromatic rings. The molecular weight excluding hydrogens is 452 g/mol. The molecule has 0 aliphatic rings. The number of alkyl halides is 12. The Labute approximate surface area is 134 Å². The topological polar surface area (TPSA) is 40.5 Å². The van der Waals surface area contributed by atoms with Crippen molar-refractivity contribution < 1.29 is 84.0 Å². The molecule has 0 bridgehead atoms. The molecule has 0 spiro atoms. The second-order valence-corrected chi connectivity index (χ2v) is 4.01. The minimum absolute atomic E-state index is 0. The van der Waals surface area contributed by atoms with E-state index in [1.165, 1.54) is 0 Å². The zero-order chi connectivity index (χ0) is 19.0. The van der Waals surface area contributed by atoms with Crippen molar-refractivity contribution in [2.45, 2.75) is 49.8 Å². The van der Waals surface area contributed by atoms with Crippen LogP contribution in [0.4, 0.5) is 52.7 Å². The second-order valence-electron chi connectivity index (χ2n) is 4.01. The first kappa shape index (κ1) is 27.6. The molecular formula is C8H8F12MoO2. The third-order valence-corrected chi connectivity index (χ3v) is 1.86. The van der Waals surface area contributed by atoms with Gasteiger partial charge in [-0.15, -0.1) is 0 Å². The minimum atomic E-state index is -5.74. The molecule has 142 valence electrons. The quantitative estimate of drug-likeness (QED) is 0.497. The van der Waals surface area contributed by atoms with Crippen molar-refractivity contribution in [2.75, 3.05) is 0 Å². The molecule has 0 saturated heterocycles. The summed E-state index contributed by atoms with van der Waals surface area (Å²) in [5.74, 6) is -21.4. The Bertz CT molecular complexity index is 293. The van der Waals surface area contributed by atoms with E-state index in [0.717, 1.165) is 0 Å². The third kappa shape index (κ3) is 6.65. The first-order valence-electron chi connectivity index (χ1n) is 4.72. The van der Waals surface area contributed by atoms with E-state index in [4.69, 9.17) is 10.2 Å². The Kier molecular flexibility index (Phi) is 8.81. The molecule has 0 aliphatic heterocycles. The van der Waals surface area contributed by atoms with Crippen molar-refractivity contribution >= 4 is 0 Å². The maximum Gasteiger partial charge on any atom is 0.423 e. The van der Waals surface area contributed by atoms with Gasteiger partial charge in [-0.25, -0.2) is 0 Å². The molecule has 0 unspecified atom stereocenters. The molecule has 0 aromatic carbocycles. The van der Waals surface area contributed by atoms with Crippen LogP contribution in [0.1, 0.15) is 13.8 Å². The zero-order valence-corrected chi connectivity index (χ0v) is 12.8. The molecule has 23 heavy (non-hydrogen) atoms. The van der Waals surface area contributed by atoms with Crippen LogP contribution in [-0.4, -0.2) is 46.1 Å². The molecule has 0 aliphatic carbocycles. The van der Waals surface area contributed by atoms with Crippen LogP contribution in [0.25, 0.3) is 0 Å². The summed E-state index contributed by atoms with van der Waals surface area (Å²) in [6.45, 7) is -0.811. The van der Waals surface area contributed by atoms with Gasteiger partial charge in [-0.3, -0.25) is 0 Å². The maximum atomic E-state index is 11.7. The summed E-state index contributed by atoms with van der Waals surface area (Å²) in [5, 5.41) is 14.6. The fourth-order valence-electron chi connectivity index (χ4n) is 0.528. The molecule has 0 radical (unpaired) electrons. The third-order valence-electron chi connectivity index (χ3n) is 1.86. The van der Waals surface area contributed by atoms with Gasteiger partial charge in [0, 0.05) is 34.9 Å². The summed E-state index contributed by atoms with van der Waals surface area (Å²) < 4.78 is 138. The van der Waals surface area contributed by atoms with Crippen molar-refractivity contribution in [1.29, 1.82) is 0 Å². The number of hydrogen-bond acceptors (Lipinski definition) is 2. The van der Waals surface area contributed by atoms with E-state index in [1.54, 1.807) is 0 Å². The summed E-state index contributed by atoms with van der Waals surface area (Å²) in [7, 11) is 0. The van der Waals surface area contributed by atoms with E-state index in [-0.39, 0.29) is 21.1 Å². The van der Waals surface area contributed by atoms with Crippen LogP contribution in [0.3, 0.4) is 0 Å². The average Bonchev–Trinajstić information content (AvgIpc) is 2.10. The number of halogens is 12. The van der Waals surface area contributed by atoms with E-state index in [2.05, 4.69) is 0 Å². The van der Waals surface area contributed by atoms with E-state index < -0.39 is 49.8 Å². The van der Waals surface area contributed by atoms with Gasteiger partial charge in [-0.1, -0.05) is 0 Å². The normalized spacial score (nSPS) is 14.6. The predicted molar refractivity (Wildman–Crippen MR) is 45.5 cm³/mol. The molecule has 2 nitrogen and oxygen atoms in total. The Hall–Kier alpha value is -0.232. The Morgan fingerprint density at radius 2 is 0.609 bits per heavy atom. The fourth-order valence-corrected chi connectivity index (χ4v) is 0.528. The maximum absolute atomic E-state index is 11.7. The monoisotopic (exact) mass is 462 g/mol. The van der Waals surface area contributed by atoms with E-state index in [1.807, 2.05) is 0 Å². The average molecular weight is 460 g/mol. The minimum Gasteiger partial charge on any atom is -0.331 e. The molecule has 0 saturated carbocycles. The van der Waals surface area contributed by atoms with Gasteiger partial charge in [-0.05, 0) is 0 Å². The van der Waals surface area contributed by atoms with Crippen LogP contribution in [0.15, 0.2) is 0 Å². The molecule has 0 atom stereocenters. The van der Waals surface area contributed by atoms with Crippen LogP contribution in [0.5, 0.6) is 0 Å². The summed E-state index contributed by atoms with van der Waals surface area (Å²) in [5.41, 5.74) is 0. The van der Waals surface area contributed by atoms with Crippen molar-refractivity contribution in [3.05, 3.63) is 0 Å². The van der Waals surface area contributed by atoms with Crippen molar-refractivity contribution in [3.8, 4) is 0 Å². The van der Waals surface area contributed by atoms with Gasteiger partial charge in [0.2, 0.25) is 0 Å². The van der Waals surface area contributed by atoms with Gasteiger partial charge < -0.3 is 10.2 Å². The Balaban J connectivity index is -0.000000333. The largest absolute Gasteiger partial charge is 0.423 e. The molecule has 0 rings (SSSR count). The zero-order valence-electron chi connectivity index (χ0n) is 10.8. The Morgan fingerprint density at radius 1 is 0.478 bits per heavy atom. The first-order chi connectivity index (χ1) is 9.00. The molecule has 0 amide bonds. The summed E-state index contributed by atoms with van der Waals surface area (Å²) in [6, 6.07) is 0. The summed E-state index contributed by atoms with van der Waals surface area (Å²) in [6.07, 6.45) is -11.4. The predicted octanol–water partition coefficient (Wildman–Crippen LogP) is 3.72. The summed E-state index contributed by atoms with van der Waals surface area (Å²) in [4.78, 5) is 0. The van der Waals surface area contributed by atoms with Gasteiger partial charge >= 0.3 is 35.9 Å². The van der Waals surface area contributed by atoms with Gasteiger partial charge in [-0.2, -0.15) is 52.7 Å². The number of aliphatic hydroxyl groups is 2. The van der Waals surface area contributed by atoms with Crippen LogP contribution in [0, 0.1) is 0 Å². The van der Waals surface area contributed by atoms with Crippen LogP contribution < -0.4 is 0 Å². The van der Waals surface area contributed by atoms with Crippen molar-refractivity contribution in [2.24, 2.45) is 0 Å². The fraction of sp³-hybridized carbons (Fsp3) is 1.00. The van der Waals surface area contributed by atoms with Crippen LogP contribution in [-0.2, 0) is 21.1 Å². The van der Waals surface area contributed by atoms with Gasteiger partial charge in [0.05, 0.1) is 0 Å². The molecule has 15 heteroatoms. The first-order valence-corrected chi connectivity index (χ1v) is 4.72. The summed E-state index contributed by atoms with van der Waals surface area (Å²) >= 11 is 0. The number of rotatable bonds is 4. The van der Waals surface area contributed by atoms with Gasteiger partial charge in [0.25, 0.3) is 0 Å². The van der Waals surface area contributed by atoms with Gasteiger partial charge in [0.1, 0.15) is 0 Å². The smallest absolute Gasteiger partial charge is 0.331 e. The van der Waals surface area contributed by atoms with E-state index in [0.29, 0.717) is 0 Å². The molecule has 0 heterocycles. The molecule has 0 aromatic heterocycles. The second kappa shape index (κ2) is 7.34. The van der Waals surface area contributed by atoms with Gasteiger partial charge in [0.15, 0.2) is 0 Å². The van der Waals surface area contributed by atoms with E-state index in [9.17, 15) is 52.7 Å². The van der Waals surface area contributed by atoms with E-state index >= 15 is 0 Å². The molecule has 2 N–H and O–H groups in total. The number of hydrogen-bond donors (Lipinski definition) is 2. The van der Waals surface area contributed by atoms with Crippen LogP contribution >= 0.6 is 0 Å². The van der Waals surface area contributed by atoms with Crippen molar-refractivity contribution in [1.82, 2.24) is 0 Å².